The lowest BCUT2D eigenvalue weighted by atomic mass is 9.92. The fourth-order valence-electron chi connectivity index (χ4n) is 3.14. The summed E-state index contributed by atoms with van der Waals surface area (Å²) in [6.45, 7) is 10.0. The van der Waals surface area contributed by atoms with Crippen LogP contribution in [0.1, 0.15) is 32.3 Å². The summed E-state index contributed by atoms with van der Waals surface area (Å²) >= 11 is 2.10. The molecule has 0 amide bonds. The number of nitrogens with zero attached hydrogens (tertiary/aromatic N) is 1. The second-order valence-corrected chi connectivity index (χ2v) is 7.60. The van der Waals surface area contributed by atoms with Crippen molar-refractivity contribution >= 4 is 11.8 Å². The molecule has 1 heterocycles. The Balaban J connectivity index is 2.11. The largest absolute Gasteiger partial charge is 0.329 e. The molecule has 0 bridgehead atoms. The minimum absolute atomic E-state index is 0.452. The number of benzene rings is 1. The van der Waals surface area contributed by atoms with Gasteiger partial charge in [0.05, 0.1) is 0 Å². The Morgan fingerprint density at radius 1 is 1.21 bits per heavy atom. The lowest BCUT2D eigenvalue weighted by Gasteiger charge is -2.42. The Kier molecular flexibility index (Phi) is 5.31. The second kappa shape index (κ2) is 6.78. The van der Waals surface area contributed by atoms with Crippen molar-refractivity contribution < 1.29 is 0 Å². The molecule has 0 saturated carbocycles. The molecule has 0 spiro atoms. The number of hydrogen-bond donors (Lipinski definition) is 1. The first-order valence-corrected chi connectivity index (χ1v) is 8.20. The van der Waals surface area contributed by atoms with E-state index in [4.69, 9.17) is 5.73 Å². The summed E-state index contributed by atoms with van der Waals surface area (Å²) in [5.41, 5.74) is 7.48. The first-order chi connectivity index (χ1) is 9.11. The van der Waals surface area contributed by atoms with Crippen LogP contribution in [0.3, 0.4) is 0 Å². The molecule has 2 nitrogen and oxygen atoms in total. The molecular weight excluding hydrogens is 252 g/mol. The van der Waals surface area contributed by atoms with E-state index in [2.05, 4.69) is 67.8 Å². The molecule has 1 aliphatic rings. The third-order valence-corrected chi connectivity index (χ3v) is 5.29. The predicted octanol–water partition coefficient (Wildman–Crippen LogP) is 2.94. The normalized spacial score (nSPS) is 28.0. The lowest BCUT2D eigenvalue weighted by Crippen LogP contribution is -2.51. The van der Waals surface area contributed by atoms with Gasteiger partial charge in [0, 0.05) is 36.2 Å². The predicted molar refractivity (Wildman–Crippen MR) is 85.8 cm³/mol. The van der Waals surface area contributed by atoms with Crippen molar-refractivity contribution in [2.24, 2.45) is 5.73 Å². The van der Waals surface area contributed by atoms with Gasteiger partial charge in [0.1, 0.15) is 0 Å². The summed E-state index contributed by atoms with van der Waals surface area (Å²) < 4.78 is 0. The number of hydrogen-bond acceptors (Lipinski definition) is 3. The summed E-state index contributed by atoms with van der Waals surface area (Å²) in [7, 11) is 0. The van der Waals surface area contributed by atoms with Crippen LogP contribution in [0, 0.1) is 0 Å². The maximum Gasteiger partial charge on any atom is 0.0285 e. The first-order valence-electron chi connectivity index (χ1n) is 7.26. The van der Waals surface area contributed by atoms with Gasteiger partial charge in [-0.3, -0.25) is 4.90 Å². The smallest absolute Gasteiger partial charge is 0.0285 e. The van der Waals surface area contributed by atoms with Crippen molar-refractivity contribution in [2.45, 2.75) is 43.2 Å². The topological polar surface area (TPSA) is 29.3 Å². The minimum Gasteiger partial charge on any atom is -0.329 e. The Morgan fingerprint density at radius 2 is 1.79 bits per heavy atom. The Morgan fingerprint density at radius 3 is 2.32 bits per heavy atom. The van der Waals surface area contributed by atoms with Crippen molar-refractivity contribution in [2.75, 3.05) is 19.6 Å². The van der Waals surface area contributed by atoms with Crippen LogP contribution in [0.2, 0.25) is 0 Å². The molecule has 4 atom stereocenters. The molecule has 2 rings (SSSR count). The maximum atomic E-state index is 6.08. The van der Waals surface area contributed by atoms with E-state index in [1.807, 2.05) is 0 Å². The van der Waals surface area contributed by atoms with E-state index < -0.39 is 0 Å². The van der Waals surface area contributed by atoms with Crippen LogP contribution >= 0.6 is 11.8 Å². The molecule has 0 radical (unpaired) electrons. The van der Waals surface area contributed by atoms with Crippen LogP contribution in [0.15, 0.2) is 30.3 Å². The van der Waals surface area contributed by atoms with Crippen molar-refractivity contribution in [1.29, 1.82) is 0 Å². The van der Waals surface area contributed by atoms with E-state index in [9.17, 15) is 0 Å². The molecule has 1 aromatic carbocycles. The average Bonchev–Trinajstić information content (AvgIpc) is 2.39. The Bertz CT molecular complexity index is 372. The van der Waals surface area contributed by atoms with Crippen LogP contribution in [-0.4, -0.2) is 41.1 Å². The van der Waals surface area contributed by atoms with E-state index >= 15 is 0 Å². The average molecular weight is 278 g/mol. The summed E-state index contributed by atoms with van der Waals surface area (Å²) in [6, 6.07) is 11.2. The van der Waals surface area contributed by atoms with Gasteiger partial charge >= 0.3 is 0 Å². The zero-order valence-electron chi connectivity index (χ0n) is 12.3. The second-order valence-electron chi connectivity index (χ2n) is 5.71. The van der Waals surface area contributed by atoms with Crippen LogP contribution in [0.4, 0.5) is 0 Å². The van der Waals surface area contributed by atoms with Crippen molar-refractivity contribution in [3.8, 4) is 0 Å². The highest BCUT2D eigenvalue weighted by Gasteiger charge is 2.30. The summed E-state index contributed by atoms with van der Waals surface area (Å²) in [6.07, 6.45) is 0. The van der Waals surface area contributed by atoms with E-state index in [0.717, 1.165) is 19.6 Å². The van der Waals surface area contributed by atoms with Gasteiger partial charge in [0.2, 0.25) is 0 Å². The number of thioether (sulfide) groups is 1. The van der Waals surface area contributed by atoms with Crippen LogP contribution in [-0.2, 0) is 0 Å². The maximum absolute atomic E-state index is 6.08. The first kappa shape index (κ1) is 14.9. The van der Waals surface area contributed by atoms with E-state index in [0.29, 0.717) is 22.5 Å². The van der Waals surface area contributed by atoms with Gasteiger partial charge < -0.3 is 5.73 Å². The van der Waals surface area contributed by atoms with Gasteiger partial charge in [0.15, 0.2) is 0 Å². The molecule has 3 heteroatoms. The summed E-state index contributed by atoms with van der Waals surface area (Å²) in [5.74, 6) is 0.494. The highest BCUT2D eigenvalue weighted by molar-refractivity contribution is 8.00. The minimum atomic E-state index is 0.452. The van der Waals surface area contributed by atoms with Gasteiger partial charge in [-0.2, -0.15) is 11.8 Å². The van der Waals surface area contributed by atoms with Gasteiger partial charge in [0.25, 0.3) is 0 Å². The molecule has 1 fully saturated rings. The third kappa shape index (κ3) is 3.74. The van der Waals surface area contributed by atoms with Crippen LogP contribution in [0.25, 0.3) is 0 Å². The molecule has 0 aromatic heterocycles. The molecule has 106 valence electrons. The van der Waals surface area contributed by atoms with Gasteiger partial charge in [-0.05, 0) is 11.5 Å². The highest BCUT2D eigenvalue weighted by Crippen LogP contribution is 2.30. The number of nitrogens with two attached hydrogens (primary N) is 1. The van der Waals surface area contributed by atoms with Gasteiger partial charge in [-0.15, -0.1) is 0 Å². The fourth-order valence-corrected chi connectivity index (χ4v) is 4.48. The molecule has 19 heavy (non-hydrogen) atoms. The monoisotopic (exact) mass is 278 g/mol. The van der Waals surface area contributed by atoms with E-state index in [-0.39, 0.29) is 0 Å². The van der Waals surface area contributed by atoms with Gasteiger partial charge in [-0.1, -0.05) is 51.1 Å². The van der Waals surface area contributed by atoms with Crippen LogP contribution < -0.4 is 5.73 Å². The van der Waals surface area contributed by atoms with E-state index in [1.54, 1.807) is 0 Å². The molecule has 2 N–H and O–H groups in total. The molecule has 1 saturated heterocycles. The number of rotatable bonds is 4. The lowest BCUT2D eigenvalue weighted by molar-refractivity contribution is 0.177. The zero-order valence-corrected chi connectivity index (χ0v) is 13.1. The SMILES string of the molecule is CC1CN(C(CN)C(C)c2ccccc2)CC(C)S1. The van der Waals surface area contributed by atoms with Gasteiger partial charge in [-0.25, -0.2) is 0 Å². The fraction of sp³-hybridized carbons (Fsp3) is 0.625. The molecule has 1 aromatic rings. The summed E-state index contributed by atoms with van der Waals surface area (Å²) in [5, 5.41) is 1.42. The highest BCUT2D eigenvalue weighted by atomic mass is 32.2. The molecule has 4 unspecified atom stereocenters. The van der Waals surface area contributed by atoms with Crippen molar-refractivity contribution in [3.05, 3.63) is 35.9 Å². The van der Waals surface area contributed by atoms with E-state index in [1.165, 1.54) is 5.56 Å². The summed E-state index contributed by atoms with van der Waals surface area (Å²) in [4.78, 5) is 2.60. The quantitative estimate of drug-likeness (QED) is 0.918. The molecular formula is C16H26N2S. The Hall–Kier alpha value is -0.510. The van der Waals surface area contributed by atoms with Crippen molar-refractivity contribution in [3.63, 3.8) is 0 Å². The van der Waals surface area contributed by atoms with Crippen LogP contribution in [0.5, 0.6) is 0 Å². The molecule has 0 aliphatic carbocycles. The Labute approximate surface area is 121 Å². The standard InChI is InChI=1S/C16H26N2S/c1-12-10-18(11-13(2)19-12)16(9-17)14(3)15-7-5-4-6-8-15/h4-8,12-14,16H,9-11,17H2,1-3H3. The zero-order chi connectivity index (χ0) is 13.8. The third-order valence-electron chi connectivity index (χ3n) is 4.06. The van der Waals surface area contributed by atoms with Crippen molar-refractivity contribution in [1.82, 2.24) is 4.90 Å². The molecule has 1 aliphatic heterocycles.